The number of hydrogen-bond donors (Lipinski definition) is 0. The second kappa shape index (κ2) is 3.19. The van der Waals surface area contributed by atoms with E-state index in [1.165, 1.54) is 22.3 Å². The van der Waals surface area contributed by atoms with Crippen LogP contribution < -0.4 is 0 Å². The highest BCUT2D eigenvalue weighted by Crippen LogP contribution is 2.48. The summed E-state index contributed by atoms with van der Waals surface area (Å²) in [5, 5.41) is 0. The van der Waals surface area contributed by atoms with Crippen molar-refractivity contribution < 1.29 is 4.74 Å². The summed E-state index contributed by atoms with van der Waals surface area (Å²) in [6, 6.07) is 16.9. The fourth-order valence-electron chi connectivity index (χ4n) is 2.63. The molecule has 0 saturated carbocycles. The van der Waals surface area contributed by atoms with E-state index in [2.05, 4.69) is 55.5 Å². The Bertz CT molecular complexity index is 497. The van der Waals surface area contributed by atoms with Crippen molar-refractivity contribution in [3.63, 3.8) is 0 Å². The van der Waals surface area contributed by atoms with Gasteiger partial charge in [0.15, 0.2) is 0 Å². The molecule has 16 heavy (non-hydrogen) atoms. The second-order valence-corrected chi connectivity index (χ2v) is 4.33. The van der Waals surface area contributed by atoms with E-state index in [4.69, 9.17) is 4.74 Å². The molecule has 0 unspecified atom stereocenters. The molecule has 0 spiro atoms. The van der Waals surface area contributed by atoms with E-state index in [1.807, 2.05) is 0 Å². The first kappa shape index (κ1) is 9.61. The highest BCUT2D eigenvalue weighted by Gasteiger charge is 2.38. The molecule has 2 aromatic rings. The van der Waals surface area contributed by atoms with Gasteiger partial charge in [-0.1, -0.05) is 48.5 Å². The van der Waals surface area contributed by atoms with Gasteiger partial charge in [-0.25, -0.2) is 0 Å². The lowest BCUT2D eigenvalue weighted by Crippen LogP contribution is -2.22. The summed E-state index contributed by atoms with van der Waals surface area (Å²) in [7, 11) is 1.78. The average Bonchev–Trinajstić information content (AvgIpc) is 2.62. The topological polar surface area (TPSA) is 9.23 Å². The maximum absolute atomic E-state index is 5.75. The third kappa shape index (κ3) is 1.04. The number of fused-ring (bicyclic) bond motifs is 3. The fraction of sp³-hybridized carbons (Fsp3) is 0.200. The molecule has 0 bridgehead atoms. The van der Waals surface area contributed by atoms with Gasteiger partial charge >= 0.3 is 0 Å². The zero-order chi connectivity index (χ0) is 11.2. The van der Waals surface area contributed by atoms with Gasteiger partial charge < -0.3 is 4.74 Å². The first-order chi connectivity index (χ1) is 7.77. The predicted molar refractivity (Wildman–Crippen MR) is 65.3 cm³/mol. The largest absolute Gasteiger partial charge is 0.369 e. The molecular weight excluding hydrogens is 196 g/mol. The zero-order valence-corrected chi connectivity index (χ0v) is 9.53. The van der Waals surface area contributed by atoms with E-state index < -0.39 is 0 Å². The molecule has 80 valence electrons. The Morgan fingerprint density at radius 2 is 1.25 bits per heavy atom. The van der Waals surface area contributed by atoms with Crippen molar-refractivity contribution in [3.05, 3.63) is 59.7 Å². The molecule has 0 amide bonds. The van der Waals surface area contributed by atoms with Crippen LogP contribution in [-0.4, -0.2) is 7.11 Å². The van der Waals surface area contributed by atoms with Crippen LogP contribution in [-0.2, 0) is 10.3 Å². The lowest BCUT2D eigenvalue weighted by Gasteiger charge is -2.25. The van der Waals surface area contributed by atoms with Crippen LogP contribution in [0.5, 0.6) is 0 Å². The third-order valence-electron chi connectivity index (χ3n) is 3.58. The van der Waals surface area contributed by atoms with Gasteiger partial charge in [0.05, 0.1) is 0 Å². The standard InChI is InChI=1S/C15H14O/c1-15(16-2)13-9-5-3-7-11(13)12-8-4-6-10-14(12)15/h3-10H,1-2H3. The average molecular weight is 210 g/mol. The van der Waals surface area contributed by atoms with Crippen LogP contribution in [0.4, 0.5) is 0 Å². The summed E-state index contributed by atoms with van der Waals surface area (Å²) < 4.78 is 5.75. The van der Waals surface area contributed by atoms with Crippen LogP contribution in [0, 0.1) is 0 Å². The van der Waals surface area contributed by atoms with E-state index in [1.54, 1.807) is 7.11 Å². The number of benzene rings is 2. The van der Waals surface area contributed by atoms with E-state index in [0.717, 1.165) is 0 Å². The van der Waals surface area contributed by atoms with Crippen LogP contribution in [0.3, 0.4) is 0 Å². The molecule has 0 saturated heterocycles. The first-order valence-corrected chi connectivity index (χ1v) is 5.52. The zero-order valence-electron chi connectivity index (χ0n) is 9.53. The number of rotatable bonds is 1. The van der Waals surface area contributed by atoms with Crippen LogP contribution in [0.1, 0.15) is 18.1 Å². The second-order valence-electron chi connectivity index (χ2n) is 4.33. The summed E-state index contributed by atoms with van der Waals surface area (Å²) >= 11 is 0. The molecule has 0 fully saturated rings. The summed E-state index contributed by atoms with van der Waals surface area (Å²) in [5.74, 6) is 0. The van der Waals surface area contributed by atoms with Crippen LogP contribution in [0.2, 0.25) is 0 Å². The highest BCUT2D eigenvalue weighted by atomic mass is 16.5. The molecule has 1 heteroatoms. The molecule has 0 heterocycles. The van der Waals surface area contributed by atoms with E-state index >= 15 is 0 Å². The summed E-state index contributed by atoms with van der Waals surface area (Å²) in [6.45, 7) is 2.14. The van der Waals surface area contributed by atoms with Crippen molar-refractivity contribution in [1.82, 2.24) is 0 Å². The molecule has 0 N–H and O–H groups in total. The molecule has 0 atom stereocenters. The van der Waals surface area contributed by atoms with Gasteiger partial charge in [0.2, 0.25) is 0 Å². The monoisotopic (exact) mass is 210 g/mol. The molecule has 1 nitrogen and oxygen atoms in total. The molecule has 3 rings (SSSR count). The van der Waals surface area contributed by atoms with Crippen LogP contribution in [0.25, 0.3) is 11.1 Å². The van der Waals surface area contributed by atoms with Crippen molar-refractivity contribution >= 4 is 0 Å². The van der Waals surface area contributed by atoms with Crippen LogP contribution in [0.15, 0.2) is 48.5 Å². The highest BCUT2D eigenvalue weighted by molar-refractivity contribution is 5.79. The van der Waals surface area contributed by atoms with Gasteiger partial charge in [-0.2, -0.15) is 0 Å². The summed E-state index contributed by atoms with van der Waals surface area (Å²) in [5.41, 5.74) is 4.81. The number of methoxy groups -OCH3 is 1. The third-order valence-corrected chi connectivity index (χ3v) is 3.58. The van der Waals surface area contributed by atoms with Crippen molar-refractivity contribution in [2.24, 2.45) is 0 Å². The van der Waals surface area contributed by atoms with Crippen molar-refractivity contribution in [2.75, 3.05) is 7.11 Å². The minimum atomic E-state index is -0.298. The van der Waals surface area contributed by atoms with Gasteiger partial charge in [0.25, 0.3) is 0 Å². The SMILES string of the molecule is COC1(C)c2ccccc2-c2ccccc21. The van der Waals surface area contributed by atoms with Gasteiger partial charge in [0.1, 0.15) is 5.60 Å². The Balaban J connectivity index is 2.39. The summed E-state index contributed by atoms with van der Waals surface area (Å²) in [4.78, 5) is 0. The van der Waals surface area contributed by atoms with Gasteiger partial charge in [-0.15, -0.1) is 0 Å². The van der Waals surface area contributed by atoms with Crippen molar-refractivity contribution in [2.45, 2.75) is 12.5 Å². The van der Waals surface area contributed by atoms with Gasteiger partial charge in [0, 0.05) is 7.11 Å². The smallest absolute Gasteiger partial charge is 0.116 e. The Hall–Kier alpha value is -1.60. The molecule has 2 aromatic carbocycles. The van der Waals surface area contributed by atoms with Crippen LogP contribution >= 0.6 is 0 Å². The fourth-order valence-corrected chi connectivity index (χ4v) is 2.63. The Kier molecular flexibility index (Phi) is 1.92. The minimum Gasteiger partial charge on any atom is -0.369 e. The van der Waals surface area contributed by atoms with E-state index in [-0.39, 0.29) is 5.60 Å². The molecule has 0 aliphatic heterocycles. The van der Waals surface area contributed by atoms with E-state index in [9.17, 15) is 0 Å². The molecule has 0 radical (unpaired) electrons. The Morgan fingerprint density at radius 3 is 1.69 bits per heavy atom. The molecule has 1 aliphatic rings. The predicted octanol–water partition coefficient (Wildman–Crippen LogP) is 3.58. The van der Waals surface area contributed by atoms with E-state index in [0.29, 0.717) is 0 Å². The van der Waals surface area contributed by atoms with Crippen molar-refractivity contribution in [1.29, 1.82) is 0 Å². The maximum Gasteiger partial charge on any atom is 0.116 e. The molecular formula is C15H14O. The molecule has 0 aromatic heterocycles. The maximum atomic E-state index is 5.75. The Labute approximate surface area is 95.7 Å². The minimum absolute atomic E-state index is 0.298. The van der Waals surface area contributed by atoms with Gasteiger partial charge in [-0.3, -0.25) is 0 Å². The Morgan fingerprint density at radius 1 is 0.812 bits per heavy atom. The number of hydrogen-bond acceptors (Lipinski definition) is 1. The molecule has 1 aliphatic carbocycles. The lowest BCUT2D eigenvalue weighted by molar-refractivity contribution is 0.0430. The number of ether oxygens (including phenoxy) is 1. The van der Waals surface area contributed by atoms with Crippen molar-refractivity contribution in [3.8, 4) is 11.1 Å². The normalized spacial score (nSPS) is 15.6. The van der Waals surface area contributed by atoms with Gasteiger partial charge in [-0.05, 0) is 29.2 Å². The summed E-state index contributed by atoms with van der Waals surface area (Å²) in [6.07, 6.45) is 0. The lowest BCUT2D eigenvalue weighted by atomic mass is 9.93. The first-order valence-electron chi connectivity index (χ1n) is 5.52. The quantitative estimate of drug-likeness (QED) is 0.699.